The maximum Gasteiger partial charge on any atom is 0.274 e. The maximum atomic E-state index is 14.1. The number of hydrogen-bond acceptors (Lipinski definition) is 4. The van der Waals surface area contributed by atoms with Gasteiger partial charge in [-0.1, -0.05) is 12.1 Å². The van der Waals surface area contributed by atoms with Crippen LogP contribution in [0.25, 0.3) is 0 Å². The lowest BCUT2D eigenvalue weighted by Gasteiger charge is -2.41. The molecule has 1 aromatic carbocycles. The molecule has 1 aromatic heterocycles. The third-order valence-corrected chi connectivity index (χ3v) is 6.92. The van der Waals surface area contributed by atoms with Crippen LogP contribution in [-0.4, -0.2) is 39.5 Å². The van der Waals surface area contributed by atoms with Gasteiger partial charge in [-0.05, 0) is 50.7 Å². The molecule has 1 atom stereocenters. The van der Waals surface area contributed by atoms with Crippen LogP contribution in [0, 0.1) is 12.7 Å². The average molecular weight is 425 g/mol. The Bertz CT molecular complexity index is 1190. The summed E-state index contributed by atoms with van der Waals surface area (Å²) in [6, 6.07) is 4.72. The van der Waals surface area contributed by atoms with Gasteiger partial charge in [-0.15, -0.1) is 0 Å². The number of aromatic nitrogens is 1. The fourth-order valence-corrected chi connectivity index (χ4v) is 5.40. The van der Waals surface area contributed by atoms with Gasteiger partial charge in [0.1, 0.15) is 11.4 Å². The van der Waals surface area contributed by atoms with Gasteiger partial charge in [0.25, 0.3) is 11.8 Å². The molecule has 1 fully saturated rings. The molecule has 0 unspecified atom stereocenters. The lowest BCUT2D eigenvalue weighted by molar-refractivity contribution is 0.0584. The van der Waals surface area contributed by atoms with E-state index in [2.05, 4.69) is 5.32 Å². The van der Waals surface area contributed by atoms with Gasteiger partial charge < -0.3 is 19.9 Å². The first-order valence-corrected chi connectivity index (χ1v) is 10.7. The van der Waals surface area contributed by atoms with E-state index in [-0.39, 0.29) is 23.7 Å². The standard InChI is InChI=1S/C23H24FN3O4/c1-13-4-5-14(15(24)10-13)11-25-21(30)17-16-6-8-23-7-2-3-9-26(12-23)22(31)18(27(16)23)20(29)19(17)28/h4-5,10,29H,2-3,6-9,11-12H2,1H3,(H,25,30)/t23-/m0/s1. The number of carbonyl (C=O) groups is 2. The van der Waals surface area contributed by atoms with E-state index in [9.17, 15) is 23.9 Å². The lowest BCUT2D eigenvalue weighted by Crippen LogP contribution is -2.52. The molecule has 2 bridgehead atoms. The quantitative estimate of drug-likeness (QED) is 0.789. The SMILES string of the molecule is Cc1ccc(CNC(=O)c2c3n4c(c(O)c2=O)C(=O)N2CCCC[C@]4(CC3)C2)c(F)c1. The summed E-state index contributed by atoms with van der Waals surface area (Å²) in [7, 11) is 0. The second kappa shape index (κ2) is 6.93. The van der Waals surface area contributed by atoms with Crippen molar-refractivity contribution in [3.8, 4) is 5.75 Å². The Kier molecular flexibility index (Phi) is 4.42. The topological polar surface area (TPSA) is 91.6 Å². The van der Waals surface area contributed by atoms with E-state index < -0.39 is 28.4 Å². The number of amides is 2. The van der Waals surface area contributed by atoms with Gasteiger partial charge >= 0.3 is 0 Å². The van der Waals surface area contributed by atoms with Crippen LogP contribution >= 0.6 is 0 Å². The maximum absolute atomic E-state index is 14.1. The van der Waals surface area contributed by atoms with Crippen molar-refractivity contribution in [1.82, 2.24) is 14.8 Å². The summed E-state index contributed by atoms with van der Waals surface area (Å²) in [5, 5.41) is 13.3. The van der Waals surface area contributed by atoms with Crippen LogP contribution in [0.4, 0.5) is 4.39 Å². The number of benzene rings is 1. The Labute approximate surface area is 178 Å². The largest absolute Gasteiger partial charge is 0.503 e. The second-order valence-electron chi connectivity index (χ2n) is 8.87. The van der Waals surface area contributed by atoms with E-state index in [1.54, 1.807) is 28.5 Å². The Morgan fingerprint density at radius 1 is 1.26 bits per heavy atom. The molecule has 8 heteroatoms. The van der Waals surface area contributed by atoms with E-state index >= 15 is 0 Å². The predicted octanol–water partition coefficient (Wildman–Crippen LogP) is 2.21. The van der Waals surface area contributed by atoms with Gasteiger partial charge in [-0.2, -0.15) is 0 Å². The number of nitrogens with one attached hydrogen (secondary N) is 1. The molecule has 2 amide bonds. The second-order valence-corrected chi connectivity index (χ2v) is 8.87. The molecule has 0 radical (unpaired) electrons. The molecule has 2 N–H and O–H groups in total. The van der Waals surface area contributed by atoms with Crippen LogP contribution in [0.2, 0.25) is 0 Å². The lowest BCUT2D eigenvalue weighted by atomic mass is 9.89. The summed E-state index contributed by atoms with van der Waals surface area (Å²) in [5.41, 5.74) is 0.207. The number of rotatable bonds is 3. The van der Waals surface area contributed by atoms with E-state index in [1.807, 2.05) is 0 Å². The average Bonchev–Trinajstić information content (AvgIpc) is 2.97. The fourth-order valence-electron chi connectivity index (χ4n) is 5.40. The molecule has 7 nitrogen and oxygen atoms in total. The van der Waals surface area contributed by atoms with Crippen molar-refractivity contribution in [3.05, 3.63) is 62.3 Å². The molecule has 0 aliphatic carbocycles. The van der Waals surface area contributed by atoms with Crippen LogP contribution in [0.15, 0.2) is 23.0 Å². The van der Waals surface area contributed by atoms with Crippen molar-refractivity contribution in [2.45, 2.75) is 51.1 Å². The summed E-state index contributed by atoms with van der Waals surface area (Å²) >= 11 is 0. The molecule has 1 saturated heterocycles. The minimum atomic E-state index is -0.839. The van der Waals surface area contributed by atoms with Crippen molar-refractivity contribution in [2.24, 2.45) is 0 Å². The van der Waals surface area contributed by atoms with Gasteiger partial charge in [0.05, 0.1) is 5.54 Å². The summed E-state index contributed by atoms with van der Waals surface area (Å²) in [6.07, 6.45) is 3.82. The summed E-state index contributed by atoms with van der Waals surface area (Å²) in [6.45, 7) is 2.83. The molecular formula is C23H24FN3O4. The molecule has 3 aliphatic rings. The van der Waals surface area contributed by atoms with Crippen LogP contribution in [0.5, 0.6) is 5.75 Å². The number of fused-ring (bicyclic) bond motifs is 1. The number of carbonyl (C=O) groups excluding carboxylic acids is 2. The zero-order chi connectivity index (χ0) is 21.9. The zero-order valence-electron chi connectivity index (χ0n) is 17.3. The predicted molar refractivity (Wildman–Crippen MR) is 111 cm³/mol. The highest BCUT2D eigenvalue weighted by Crippen LogP contribution is 2.45. The Hall–Kier alpha value is -3.16. The number of pyridine rings is 1. The molecule has 2 aromatic rings. The first-order chi connectivity index (χ1) is 14.8. The van der Waals surface area contributed by atoms with Crippen molar-refractivity contribution in [3.63, 3.8) is 0 Å². The Morgan fingerprint density at radius 2 is 2.06 bits per heavy atom. The normalized spacial score (nSPS) is 21.6. The first-order valence-electron chi connectivity index (χ1n) is 10.7. The highest BCUT2D eigenvalue weighted by atomic mass is 19.1. The Balaban J connectivity index is 1.57. The van der Waals surface area contributed by atoms with Crippen molar-refractivity contribution < 1.29 is 19.1 Å². The minimum absolute atomic E-state index is 0.00628. The first kappa shape index (κ1) is 19.8. The molecule has 4 heterocycles. The zero-order valence-corrected chi connectivity index (χ0v) is 17.3. The van der Waals surface area contributed by atoms with Crippen LogP contribution in [0.1, 0.15) is 63.4 Å². The summed E-state index contributed by atoms with van der Waals surface area (Å²) in [5.74, 6) is -2.12. The molecule has 5 rings (SSSR count). The van der Waals surface area contributed by atoms with Gasteiger partial charge in [0, 0.05) is 30.9 Å². The smallest absolute Gasteiger partial charge is 0.274 e. The Morgan fingerprint density at radius 3 is 2.84 bits per heavy atom. The number of aromatic hydroxyl groups is 1. The third-order valence-electron chi connectivity index (χ3n) is 6.92. The van der Waals surface area contributed by atoms with E-state index in [0.29, 0.717) is 37.2 Å². The van der Waals surface area contributed by atoms with Crippen molar-refractivity contribution >= 4 is 11.8 Å². The van der Waals surface area contributed by atoms with Gasteiger partial charge in [0.15, 0.2) is 11.4 Å². The van der Waals surface area contributed by atoms with Crippen molar-refractivity contribution in [1.29, 1.82) is 0 Å². The monoisotopic (exact) mass is 425 g/mol. The van der Waals surface area contributed by atoms with Gasteiger partial charge in [-0.3, -0.25) is 14.4 Å². The van der Waals surface area contributed by atoms with E-state index in [1.165, 1.54) is 6.07 Å². The van der Waals surface area contributed by atoms with Crippen LogP contribution < -0.4 is 10.7 Å². The van der Waals surface area contributed by atoms with Crippen molar-refractivity contribution in [2.75, 3.05) is 13.1 Å². The molecule has 31 heavy (non-hydrogen) atoms. The highest BCUT2D eigenvalue weighted by molar-refractivity contribution is 6.00. The molecule has 0 saturated carbocycles. The van der Waals surface area contributed by atoms with Gasteiger partial charge in [-0.25, -0.2) is 4.39 Å². The summed E-state index contributed by atoms with van der Waals surface area (Å²) in [4.78, 5) is 40.7. The number of nitrogens with zero attached hydrogens (tertiary/aromatic N) is 2. The number of halogens is 1. The fraction of sp³-hybridized carbons (Fsp3) is 0.435. The number of hydrogen-bond donors (Lipinski definition) is 2. The molecule has 162 valence electrons. The van der Waals surface area contributed by atoms with E-state index in [0.717, 1.165) is 24.8 Å². The third kappa shape index (κ3) is 2.88. The number of aryl methyl sites for hydroxylation is 1. The molecule has 3 aliphatic heterocycles. The minimum Gasteiger partial charge on any atom is -0.503 e. The molecular weight excluding hydrogens is 401 g/mol. The van der Waals surface area contributed by atoms with Gasteiger partial charge in [0.2, 0.25) is 5.43 Å². The van der Waals surface area contributed by atoms with Crippen LogP contribution in [-0.2, 0) is 18.5 Å². The highest BCUT2D eigenvalue weighted by Gasteiger charge is 2.50. The summed E-state index contributed by atoms with van der Waals surface area (Å²) < 4.78 is 15.9. The molecule has 1 spiro atoms. The van der Waals surface area contributed by atoms with E-state index in [4.69, 9.17) is 0 Å². The van der Waals surface area contributed by atoms with Crippen LogP contribution in [0.3, 0.4) is 0 Å².